The SMILES string of the molecule is CC[Si](CC)(CC)[O][Ge]([O][Si](CC)(CC)CC)([c]1ccccc1)[c]1ccccc1. The van der Waals surface area contributed by atoms with Crippen LogP contribution >= 0.6 is 0 Å². The van der Waals surface area contributed by atoms with E-state index >= 15 is 0 Å². The van der Waals surface area contributed by atoms with Crippen molar-refractivity contribution in [1.82, 2.24) is 0 Å². The molecule has 2 nitrogen and oxygen atoms in total. The van der Waals surface area contributed by atoms with Gasteiger partial charge in [0.05, 0.1) is 0 Å². The van der Waals surface area contributed by atoms with Crippen molar-refractivity contribution >= 4 is 39.4 Å². The predicted molar refractivity (Wildman–Crippen MR) is 134 cm³/mol. The predicted octanol–water partition coefficient (Wildman–Crippen LogP) is 6.29. The van der Waals surface area contributed by atoms with Crippen molar-refractivity contribution in [3.8, 4) is 0 Å². The Morgan fingerprint density at radius 2 is 0.793 bits per heavy atom. The van der Waals surface area contributed by atoms with Gasteiger partial charge >= 0.3 is 185 Å². The number of hydrogen-bond donors (Lipinski definition) is 0. The van der Waals surface area contributed by atoms with Gasteiger partial charge in [-0.25, -0.2) is 0 Å². The van der Waals surface area contributed by atoms with Crippen molar-refractivity contribution in [2.75, 3.05) is 0 Å². The summed E-state index contributed by atoms with van der Waals surface area (Å²) in [6.45, 7) is 14.0. The molecule has 0 heterocycles. The van der Waals surface area contributed by atoms with Crippen LogP contribution in [-0.2, 0) is 6.91 Å². The standard InChI is InChI=1S/C24H40GeO2Si2/c1-7-28(8-2,9-3)26-25(23-19-15-13-16-20-23,24-21-17-14-18-22-24)27-29(10-4,11-5)12-6/h13-22H,7-12H2,1-6H3. The summed E-state index contributed by atoms with van der Waals surface area (Å²) in [5, 5.41) is 0. The fraction of sp³-hybridized carbons (Fsp3) is 0.500. The molecular weight excluding hydrogens is 449 g/mol. The Morgan fingerprint density at radius 1 is 0.517 bits per heavy atom. The summed E-state index contributed by atoms with van der Waals surface area (Å²) in [5.41, 5.74) is 0. The molecular formula is C24H40GeO2Si2. The van der Waals surface area contributed by atoms with Crippen LogP contribution < -0.4 is 8.79 Å². The van der Waals surface area contributed by atoms with E-state index in [-0.39, 0.29) is 0 Å². The molecule has 0 bridgehead atoms. The molecule has 5 heteroatoms. The Kier molecular flexibility index (Phi) is 9.41. The van der Waals surface area contributed by atoms with Gasteiger partial charge in [-0.05, 0) is 0 Å². The summed E-state index contributed by atoms with van der Waals surface area (Å²) in [6, 6.07) is 28.8. The van der Waals surface area contributed by atoms with Gasteiger partial charge in [-0.2, -0.15) is 0 Å². The van der Waals surface area contributed by atoms with Crippen LogP contribution in [0.15, 0.2) is 60.7 Å². The van der Waals surface area contributed by atoms with Crippen LogP contribution in [-0.4, -0.2) is 30.6 Å². The van der Waals surface area contributed by atoms with Crippen LogP contribution in [0.5, 0.6) is 0 Å². The second-order valence-electron chi connectivity index (χ2n) is 8.04. The second-order valence-corrected chi connectivity index (χ2v) is 25.0. The zero-order valence-corrected chi connectivity index (χ0v) is 23.4. The Bertz CT molecular complexity index is 636. The number of rotatable bonds is 12. The molecule has 160 valence electrons. The Labute approximate surface area is 184 Å². The van der Waals surface area contributed by atoms with Crippen LogP contribution in [0.4, 0.5) is 0 Å². The quantitative estimate of drug-likeness (QED) is 0.327. The van der Waals surface area contributed by atoms with Gasteiger partial charge in [0.25, 0.3) is 0 Å². The van der Waals surface area contributed by atoms with Crippen LogP contribution in [0.3, 0.4) is 0 Å². The van der Waals surface area contributed by atoms with Crippen molar-refractivity contribution in [2.24, 2.45) is 0 Å². The summed E-state index contributed by atoms with van der Waals surface area (Å²) in [4.78, 5) is 0. The van der Waals surface area contributed by atoms with Gasteiger partial charge in [0.2, 0.25) is 0 Å². The molecule has 2 aromatic carbocycles. The van der Waals surface area contributed by atoms with E-state index in [1.807, 2.05) is 0 Å². The first-order chi connectivity index (χ1) is 14.0. The fourth-order valence-corrected chi connectivity index (χ4v) is 30.2. The van der Waals surface area contributed by atoms with Crippen LogP contribution in [0.2, 0.25) is 36.3 Å². The van der Waals surface area contributed by atoms with Gasteiger partial charge in [-0.15, -0.1) is 0 Å². The molecule has 0 aliphatic heterocycles. The van der Waals surface area contributed by atoms with Crippen LogP contribution in [0, 0.1) is 0 Å². The molecule has 0 saturated carbocycles. The van der Waals surface area contributed by atoms with E-state index in [9.17, 15) is 0 Å². The molecule has 0 amide bonds. The summed E-state index contributed by atoms with van der Waals surface area (Å²) in [7, 11) is -3.75. The molecule has 0 N–H and O–H groups in total. The first-order valence-electron chi connectivity index (χ1n) is 11.5. The molecule has 29 heavy (non-hydrogen) atoms. The van der Waals surface area contributed by atoms with E-state index in [1.54, 1.807) is 0 Å². The Morgan fingerprint density at radius 3 is 1.03 bits per heavy atom. The van der Waals surface area contributed by atoms with Gasteiger partial charge in [0, 0.05) is 0 Å². The Hall–Kier alpha value is -0.663. The van der Waals surface area contributed by atoms with Gasteiger partial charge in [-0.1, -0.05) is 0 Å². The molecule has 2 aromatic rings. The van der Waals surface area contributed by atoms with E-state index in [0.717, 1.165) is 36.3 Å². The maximum atomic E-state index is 7.55. The third kappa shape index (κ3) is 5.34. The van der Waals surface area contributed by atoms with E-state index in [1.165, 1.54) is 8.79 Å². The molecule has 0 fully saturated rings. The zero-order chi connectivity index (χ0) is 21.4. The van der Waals surface area contributed by atoms with E-state index in [0.29, 0.717) is 0 Å². The van der Waals surface area contributed by atoms with E-state index in [2.05, 4.69) is 102 Å². The van der Waals surface area contributed by atoms with E-state index < -0.39 is 30.6 Å². The Balaban J connectivity index is 2.78. The summed E-state index contributed by atoms with van der Waals surface area (Å²) < 4.78 is 17.7. The minimum absolute atomic E-state index is 1.15. The number of hydrogen-bond acceptors (Lipinski definition) is 2. The summed E-state index contributed by atoms with van der Waals surface area (Å²) in [6.07, 6.45) is 0. The zero-order valence-electron chi connectivity index (χ0n) is 19.3. The minimum atomic E-state index is -3.52. The first-order valence-corrected chi connectivity index (χ1v) is 20.4. The monoisotopic (exact) mass is 490 g/mol. The van der Waals surface area contributed by atoms with Gasteiger partial charge < -0.3 is 0 Å². The average molecular weight is 489 g/mol. The van der Waals surface area contributed by atoms with Crippen molar-refractivity contribution in [1.29, 1.82) is 0 Å². The topological polar surface area (TPSA) is 18.5 Å². The first kappa shape index (κ1) is 24.6. The van der Waals surface area contributed by atoms with Crippen LogP contribution in [0.1, 0.15) is 41.5 Å². The number of benzene rings is 2. The van der Waals surface area contributed by atoms with Gasteiger partial charge in [0.1, 0.15) is 0 Å². The summed E-state index contributed by atoms with van der Waals surface area (Å²) in [5.74, 6) is 0. The molecule has 0 spiro atoms. The van der Waals surface area contributed by atoms with Gasteiger partial charge in [-0.3, -0.25) is 0 Å². The van der Waals surface area contributed by atoms with E-state index in [4.69, 9.17) is 6.91 Å². The van der Waals surface area contributed by atoms with Gasteiger partial charge in [0.15, 0.2) is 0 Å². The third-order valence-corrected chi connectivity index (χ3v) is 29.7. The van der Waals surface area contributed by atoms with Crippen molar-refractivity contribution in [2.45, 2.75) is 77.8 Å². The molecule has 0 radical (unpaired) electrons. The molecule has 0 aliphatic carbocycles. The van der Waals surface area contributed by atoms with Crippen molar-refractivity contribution < 1.29 is 6.91 Å². The van der Waals surface area contributed by atoms with Crippen molar-refractivity contribution in [3.63, 3.8) is 0 Å². The molecule has 0 unspecified atom stereocenters. The third-order valence-electron chi connectivity index (χ3n) is 6.89. The van der Waals surface area contributed by atoms with Crippen molar-refractivity contribution in [3.05, 3.63) is 60.7 Å². The second kappa shape index (κ2) is 11.1. The molecule has 0 aromatic heterocycles. The average Bonchev–Trinajstić information content (AvgIpc) is 2.81. The molecule has 0 aliphatic rings. The normalized spacial score (nSPS) is 12.9. The van der Waals surface area contributed by atoms with Crippen LogP contribution in [0.25, 0.3) is 0 Å². The maximum absolute atomic E-state index is 7.55. The molecule has 0 atom stereocenters. The molecule has 0 saturated heterocycles. The fourth-order valence-electron chi connectivity index (χ4n) is 4.28. The summed E-state index contributed by atoms with van der Waals surface area (Å²) >= 11 is -3.52. The molecule has 2 rings (SSSR count).